The van der Waals surface area contributed by atoms with Crippen molar-refractivity contribution in [1.29, 1.82) is 0 Å². The molecule has 1 amide bonds. The van der Waals surface area contributed by atoms with Crippen LogP contribution in [0.15, 0.2) is 36.5 Å². The number of thiazole rings is 1. The van der Waals surface area contributed by atoms with Gasteiger partial charge in [0, 0.05) is 37.5 Å². The van der Waals surface area contributed by atoms with Crippen LogP contribution in [0.4, 0.5) is 9.93 Å². The average Bonchev–Trinajstić information content (AvgIpc) is 3.08. The van der Waals surface area contributed by atoms with E-state index in [0.717, 1.165) is 28.2 Å². The fraction of sp³-hybridized carbons (Fsp3) is 0.409. The molecule has 0 radical (unpaired) electrons. The second kappa shape index (κ2) is 8.88. The highest BCUT2D eigenvalue weighted by Crippen LogP contribution is 2.32. The molecule has 0 unspecified atom stereocenters. The number of aromatic nitrogens is 2. The summed E-state index contributed by atoms with van der Waals surface area (Å²) in [5.74, 6) is 1.34. The summed E-state index contributed by atoms with van der Waals surface area (Å²) in [5.41, 5.74) is 0.402. The maximum Gasteiger partial charge on any atom is 0.410 e. The van der Waals surface area contributed by atoms with Crippen molar-refractivity contribution in [3.05, 3.63) is 41.7 Å². The minimum Gasteiger partial charge on any atom is -0.457 e. The van der Waals surface area contributed by atoms with Crippen molar-refractivity contribution in [1.82, 2.24) is 14.9 Å². The standard InChI is InChI=1S/C22H25ClN4O3S/c1-22(2,3)30-21(28)27-10-4-5-14(13-27)25-20-26-17-7-6-15(11-18(17)31-20)29-16-8-9-24-19(23)12-16/h6-9,11-12,14H,4-5,10,13H2,1-3H3,(H,25,26)/t14-/m0/s1. The summed E-state index contributed by atoms with van der Waals surface area (Å²) in [5, 5.41) is 4.70. The van der Waals surface area contributed by atoms with Gasteiger partial charge in [-0.15, -0.1) is 0 Å². The van der Waals surface area contributed by atoms with Crippen LogP contribution in [0, 0.1) is 0 Å². The Bertz CT molecular complexity index is 1080. The second-order valence-corrected chi connectivity index (χ2v) is 9.89. The summed E-state index contributed by atoms with van der Waals surface area (Å²) in [6.45, 7) is 6.96. The number of piperidine rings is 1. The molecule has 9 heteroatoms. The van der Waals surface area contributed by atoms with Gasteiger partial charge in [0.15, 0.2) is 5.13 Å². The predicted octanol–water partition coefficient (Wildman–Crippen LogP) is 5.95. The maximum absolute atomic E-state index is 12.4. The SMILES string of the molecule is CC(C)(C)OC(=O)N1CCC[C@H](Nc2nc3ccc(Oc4ccnc(Cl)c4)cc3s2)C1. The van der Waals surface area contributed by atoms with E-state index in [1.54, 1.807) is 34.6 Å². The normalized spacial score (nSPS) is 16.9. The Balaban J connectivity index is 1.42. The van der Waals surface area contributed by atoms with Gasteiger partial charge in [-0.3, -0.25) is 0 Å². The molecule has 1 atom stereocenters. The van der Waals surface area contributed by atoms with E-state index in [-0.39, 0.29) is 12.1 Å². The lowest BCUT2D eigenvalue weighted by Crippen LogP contribution is -2.46. The third kappa shape index (κ3) is 5.77. The van der Waals surface area contributed by atoms with Crippen molar-refractivity contribution in [2.75, 3.05) is 18.4 Å². The highest BCUT2D eigenvalue weighted by atomic mass is 35.5. The van der Waals surface area contributed by atoms with Crippen LogP contribution < -0.4 is 10.1 Å². The van der Waals surface area contributed by atoms with E-state index in [9.17, 15) is 4.79 Å². The van der Waals surface area contributed by atoms with E-state index in [0.29, 0.717) is 29.7 Å². The molecular formula is C22H25ClN4O3S. The summed E-state index contributed by atoms with van der Waals surface area (Å²) in [6.07, 6.45) is 3.25. The molecule has 1 N–H and O–H groups in total. The van der Waals surface area contributed by atoms with Crippen LogP contribution >= 0.6 is 22.9 Å². The molecule has 1 aliphatic heterocycles. The second-order valence-electron chi connectivity index (χ2n) is 8.47. The smallest absolute Gasteiger partial charge is 0.410 e. The summed E-state index contributed by atoms with van der Waals surface area (Å²) < 4.78 is 12.4. The highest BCUT2D eigenvalue weighted by Gasteiger charge is 2.28. The van der Waals surface area contributed by atoms with Crippen molar-refractivity contribution in [3.8, 4) is 11.5 Å². The molecule has 4 rings (SSSR count). The van der Waals surface area contributed by atoms with Crippen molar-refractivity contribution in [2.45, 2.75) is 45.3 Å². The van der Waals surface area contributed by atoms with Crippen LogP contribution in [0.3, 0.4) is 0 Å². The van der Waals surface area contributed by atoms with Crippen LogP contribution in [-0.2, 0) is 4.74 Å². The van der Waals surface area contributed by atoms with Gasteiger partial charge in [-0.1, -0.05) is 22.9 Å². The molecule has 0 bridgehead atoms. The van der Waals surface area contributed by atoms with Gasteiger partial charge in [0.25, 0.3) is 0 Å². The lowest BCUT2D eigenvalue weighted by Gasteiger charge is -2.34. The number of likely N-dealkylation sites (tertiary alicyclic amines) is 1. The number of amides is 1. The molecule has 3 aromatic rings. The van der Waals surface area contributed by atoms with E-state index in [4.69, 9.17) is 21.1 Å². The molecule has 31 heavy (non-hydrogen) atoms. The maximum atomic E-state index is 12.4. The summed E-state index contributed by atoms with van der Waals surface area (Å²) >= 11 is 7.49. The van der Waals surface area contributed by atoms with E-state index in [1.165, 1.54) is 0 Å². The first kappa shape index (κ1) is 21.6. The zero-order chi connectivity index (χ0) is 22.0. The van der Waals surface area contributed by atoms with Gasteiger partial charge in [0.2, 0.25) is 0 Å². The summed E-state index contributed by atoms with van der Waals surface area (Å²) in [6, 6.07) is 9.34. The van der Waals surface area contributed by atoms with Gasteiger partial charge in [0.1, 0.15) is 22.3 Å². The number of ether oxygens (including phenoxy) is 2. The molecule has 1 aliphatic rings. The number of hydrogen-bond acceptors (Lipinski definition) is 7. The molecule has 3 heterocycles. The Kier molecular flexibility index (Phi) is 6.20. The first-order valence-corrected chi connectivity index (χ1v) is 11.4. The molecule has 1 fully saturated rings. The zero-order valence-corrected chi connectivity index (χ0v) is 19.3. The number of benzene rings is 1. The van der Waals surface area contributed by atoms with Crippen LogP contribution in [0.25, 0.3) is 10.2 Å². The molecule has 164 valence electrons. The van der Waals surface area contributed by atoms with Crippen LogP contribution in [-0.4, -0.2) is 45.7 Å². The number of nitrogens with one attached hydrogen (secondary N) is 1. The Labute approximate surface area is 190 Å². The number of anilines is 1. The van der Waals surface area contributed by atoms with Crippen LogP contribution in [0.5, 0.6) is 11.5 Å². The molecule has 7 nitrogen and oxygen atoms in total. The van der Waals surface area contributed by atoms with Crippen molar-refractivity contribution >= 4 is 44.4 Å². The molecule has 0 spiro atoms. The number of pyridine rings is 1. The number of rotatable bonds is 4. The monoisotopic (exact) mass is 460 g/mol. The zero-order valence-electron chi connectivity index (χ0n) is 17.7. The number of hydrogen-bond donors (Lipinski definition) is 1. The van der Waals surface area contributed by atoms with E-state index in [2.05, 4.69) is 15.3 Å². The van der Waals surface area contributed by atoms with Gasteiger partial charge >= 0.3 is 6.09 Å². The van der Waals surface area contributed by atoms with Gasteiger partial charge in [-0.05, 0) is 51.8 Å². The molecule has 0 aliphatic carbocycles. The Hall–Kier alpha value is -2.58. The fourth-order valence-corrected chi connectivity index (χ4v) is 4.51. The largest absolute Gasteiger partial charge is 0.457 e. The Morgan fingerprint density at radius 1 is 1.26 bits per heavy atom. The first-order valence-electron chi connectivity index (χ1n) is 10.2. The van der Waals surface area contributed by atoms with E-state index < -0.39 is 5.60 Å². The third-order valence-corrected chi connectivity index (χ3v) is 5.85. The van der Waals surface area contributed by atoms with Crippen LogP contribution in [0.1, 0.15) is 33.6 Å². The first-order chi connectivity index (χ1) is 14.7. The number of nitrogens with zero attached hydrogens (tertiary/aromatic N) is 3. The highest BCUT2D eigenvalue weighted by molar-refractivity contribution is 7.22. The number of carbonyl (C=O) groups excluding carboxylic acids is 1. The molecular weight excluding hydrogens is 436 g/mol. The minimum absolute atomic E-state index is 0.136. The Morgan fingerprint density at radius 3 is 2.84 bits per heavy atom. The molecule has 1 saturated heterocycles. The number of fused-ring (bicyclic) bond motifs is 1. The molecule has 2 aromatic heterocycles. The Morgan fingerprint density at radius 2 is 2.06 bits per heavy atom. The van der Waals surface area contributed by atoms with E-state index >= 15 is 0 Å². The number of carbonyl (C=O) groups is 1. The fourth-order valence-electron chi connectivity index (χ4n) is 3.38. The van der Waals surface area contributed by atoms with E-state index in [1.807, 2.05) is 39.0 Å². The van der Waals surface area contributed by atoms with Crippen LogP contribution in [0.2, 0.25) is 5.15 Å². The summed E-state index contributed by atoms with van der Waals surface area (Å²) in [7, 11) is 0. The van der Waals surface area contributed by atoms with Crippen molar-refractivity contribution in [2.24, 2.45) is 0 Å². The van der Waals surface area contributed by atoms with Gasteiger partial charge < -0.3 is 19.7 Å². The average molecular weight is 461 g/mol. The minimum atomic E-state index is -0.494. The topological polar surface area (TPSA) is 76.6 Å². The van der Waals surface area contributed by atoms with Gasteiger partial charge in [0.05, 0.1) is 10.2 Å². The predicted molar refractivity (Wildman–Crippen MR) is 123 cm³/mol. The van der Waals surface area contributed by atoms with Crippen molar-refractivity contribution < 1.29 is 14.3 Å². The summed E-state index contributed by atoms with van der Waals surface area (Å²) in [4.78, 5) is 22.8. The van der Waals surface area contributed by atoms with Gasteiger partial charge in [-0.2, -0.15) is 0 Å². The quantitative estimate of drug-likeness (QED) is 0.485. The third-order valence-electron chi connectivity index (χ3n) is 4.69. The van der Waals surface area contributed by atoms with Gasteiger partial charge in [-0.25, -0.2) is 14.8 Å². The molecule has 0 saturated carbocycles. The number of halogens is 1. The lowest BCUT2D eigenvalue weighted by atomic mass is 10.1. The molecule has 1 aromatic carbocycles. The lowest BCUT2D eigenvalue weighted by molar-refractivity contribution is 0.0206. The van der Waals surface area contributed by atoms with Crippen molar-refractivity contribution in [3.63, 3.8) is 0 Å².